The molecule has 1 amide bonds. The van der Waals surface area contributed by atoms with E-state index in [0.717, 1.165) is 5.56 Å². The number of hydrazone groups is 1. The van der Waals surface area contributed by atoms with Crippen molar-refractivity contribution in [3.05, 3.63) is 83.8 Å². The zero-order valence-electron chi connectivity index (χ0n) is 16.2. The van der Waals surface area contributed by atoms with Gasteiger partial charge >= 0.3 is 0 Å². The van der Waals surface area contributed by atoms with Crippen LogP contribution in [0.25, 0.3) is 0 Å². The number of nitrogens with one attached hydrogen (secondary N) is 2. The number of amides is 1. The van der Waals surface area contributed by atoms with Crippen molar-refractivity contribution in [2.45, 2.75) is 18.4 Å². The number of sulfonamides is 1. The average molecular weight is 427 g/mol. The number of para-hydroxylation sites is 1. The molecule has 0 spiro atoms. The third-order valence-corrected chi connectivity index (χ3v) is 5.36. The van der Waals surface area contributed by atoms with Crippen LogP contribution in [-0.2, 0) is 21.4 Å². The molecule has 0 fully saturated rings. The number of nitrogens with zero attached hydrogens (tertiary/aromatic N) is 1. The molecular weight excluding hydrogens is 406 g/mol. The van der Waals surface area contributed by atoms with E-state index in [1.54, 1.807) is 60.7 Å². The van der Waals surface area contributed by atoms with Gasteiger partial charge in [0, 0.05) is 0 Å². The molecule has 30 heavy (non-hydrogen) atoms. The minimum Gasteiger partial charge on any atom is -0.484 e. The Kier molecular flexibility index (Phi) is 6.99. The van der Waals surface area contributed by atoms with Crippen LogP contribution in [0.3, 0.4) is 0 Å². The van der Waals surface area contributed by atoms with Gasteiger partial charge < -0.3 is 9.15 Å². The van der Waals surface area contributed by atoms with E-state index in [0.29, 0.717) is 17.3 Å². The Bertz CT molecular complexity index is 1110. The van der Waals surface area contributed by atoms with Gasteiger partial charge in [-0.3, -0.25) is 4.79 Å². The summed E-state index contributed by atoms with van der Waals surface area (Å²) in [6, 6.07) is 18.7. The maximum absolute atomic E-state index is 12.3. The Morgan fingerprint density at radius 1 is 1.07 bits per heavy atom. The Morgan fingerprint density at radius 2 is 1.80 bits per heavy atom. The number of rotatable bonds is 9. The summed E-state index contributed by atoms with van der Waals surface area (Å²) in [5, 5.41) is 3.79. The van der Waals surface area contributed by atoms with Crippen LogP contribution in [0.5, 0.6) is 5.75 Å². The van der Waals surface area contributed by atoms with Gasteiger partial charge in [-0.25, -0.2) is 18.6 Å². The van der Waals surface area contributed by atoms with Gasteiger partial charge in [-0.15, -0.1) is 0 Å². The predicted molar refractivity (Wildman–Crippen MR) is 112 cm³/mol. The lowest BCUT2D eigenvalue weighted by atomic mass is 10.2. The van der Waals surface area contributed by atoms with Gasteiger partial charge in [-0.2, -0.15) is 5.10 Å². The normalized spacial score (nSPS) is 11.5. The van der Waals surface area contributed by atoms with E-state index < -0.39 is 15.9 Å². The van der Waals surface area contributed by atoms with Crippen molar-refractivity contribution in [2.75, 3.05) is 6.61 Å². The zero-order valence-corrected chi connectivity index (χ0v) is 17.1. The van der Waals surface area contributed by atoms with Crippen molar-refractivity contribution in [1.82, 2.24) is 10.1 Å². The number of aryl methyl sites for hydroxylation is 1. The molecular formula is C21H21N3O5S. The van der Waals surface area contributed by atoms with Gasteiger partial charge in [-0.1, -0.05) is 35.9 Å². The topological polar surface area (TPSA) is 110 Å². The largest absolute Gasteiger partial charge is 0.484 e. The van der Waals surface area contributed by atoms with Crippen molar-refractivity contribution in [1.29, 1.82) is 0 Å². The molecule has 0 saturated carbocycles. The number of hydrogen-bond acceptors (Lipinski definition) is 6. The molecule has 0 aliphatic heterocycles. The van der Waals surface area contributed by atoms with E-state index in [1.165, 1.54) is 6.21 Å². The molecule has 0 unspecified atom stereocenters. The van der Waals surface area contributed by atoms with E-state index in [2.05, 4.69) is 15.2 Å². The number of ether oxygens (including phenoxy) is 1. The van der Waals surface area contributed by atoms with Gasteiger partial charge in [0.1, 0.15) is 17.3 Å². The summed E-state index contributed by atoms with van der Waals surface area (Å²) in [4.78, 5) is 11.9. The highest BCUT2D eigenvalue weighted by Crippen LogP contribution is 2.12. The zero-order chi connectivity index (χ0) is 21.4. The second-order valence-corrected chi connectivity index (χ2v) is 8.10. The molecule has 0 aliphatic rings. The van der Waals surface area contributed by atoms with E-state index in [9.17, 15) is 13.2 Å². The molecule has 9 heteroatoms. The smallest absolute Gasteiger partial charge is 0.277 e. The van der Waals surface area contributed by atoms with Crippen LogP contribution in [-0.4, -0.2) is 27.1 Å². The molecule has 8 nitrogen and oxygen atoms in total. The molecule has 0 radical (unpaired) electrons. The summed E-state index contributed by atoms with van der Waals surface area (Å²) >= 11 is 0. The molecule has 3 aromatic rings. The second-order valence-electron chi connectivity index (χ2n) is 6.34. The monoisotopic (exact) mass is 427 g/mol. The highest BCUT2D eigenvalue weighted by atomic mass is 32.2. The molecule has 0 bridgehead atoms. The van der Waals surface area contributed by atoms with Gasteiger partial charge in [0.05, 0.1) is 17.7 Å². The first-order chi connectivity index (χ1) is 14.4. The number of furan rings is 1. The lowest BCUT2D eigenvalue weighted by molar-refractivity contribution is -0.123. The molecule has 2 aromatic carbocycles. The highest BCUT2D eigenvalue weighted by molar-refractivity contribution is 7.89. The molecule has 1 heterocycles. The Labute approximate surface area is 174 Å². The third-order valence-electron chi connectivity index (χ3n) is 3.94. The number of benzene rings is 2. The third kappa shape index (κ3) is 6.29. The van der Waals surface area contributed by atoms with Crippen LogP contribution in [0.1, 0.15) is 17.1 Å². The Balaban J connectivity index is 1.46. The minimum atomic E-state index is -3.64. The van der Waals surface area contributed by atoms with Gasteiger partial charge in [0.25, 0.3) is 5.91 Å². The first kappa shape index (κ1) is 21.3. The van der Waals surface area contributed by atoms with E-state index in [1.807, 2.05) is 13.0 Å². The van der Waals surface area contributed by atoms with E-state index in [4.69, 9.17) is 9.15 Å². The molecule has 0 aliphatic carbocycles. The van der Waals surface area contributed by atoms with Gasteiger partial charge in [0.15, 0.2) is 6.61 Å². The lowest BCUT2D eigenvalue weighted by Gasteiger charge is -2.05. The predicted octanol–water partition coefficient (Wildman–Crippen LogP) is 2.60. The van der Waals surface area contributed by atoms with Crippen LogP contribution in [0.2, 0.25) is 0 Å². The van der Waals surface area contributed by atoms with Crippen LogP contribution in [0, 0.1) is 6.92 Å². The quantitative estimate of drug-likeness (QED) is 0.403. The lowest BCUT2D eigenvalue weighted by Crippen LogP contribution is -2.24. The standard InChI is InChI=1S/C21H21N3O5S/c1-16-7-11-20(12-8-16)30(26,27)23-14-19-10-9-18(29-19)13-22-24-21(25)15-28-17-5-3-2-4-6-17/h2-13,23H,14-15H2,1H3,(H,24,25)/b22-13-. The summed E-state index contributed by atoms with van der Waals surface area (Å²) < 4.78 is 37.9. The summed E-state index contributed by atoms with van der Waals surface area (Å²) in [5.74, 6) is 0.933. The highest BCUT2D eigenvalue weighted by Gasteiger charge is 2.14. The molecule has 3 rings (SSSR count). The van der Waals surface area contributed by atoms with Crippen molar-refractivity contribution in [3.63, 3.8) is 0 Å². The summed E-state index contributed by atoms with van der Waals surface area (Å²) in [6.07, 6.45) is 1.32. The van der Waals surface area contributed by atoms with E-state index >= 15 is 0 Å². The summed E-state index contributed by atoms with van der Waals surface area (Å²) in [6.45, 7) is 1.70. The molecule has 2 N–H and O–H groups in total. The fourth-order valence-corrected chi connectivity index (χ4v) is 3.38. The SMILES string of the molecule is Cc1ccc(S(=O)(=O)NCc2ccc(/C=N\NC(=O)COc3ccccc3)o2)cc1. The fraction of sp³-hybridized carbons (Fsp3) is 0.143. The van der Waals surface area contributed by atoms with Crippen molar-refractivity contribution < 1.29 is 22.4 Å². The van der Waals surface area contributed by atoms with Crippen LogP contribution in [0.4, 0.5) is 0 Å². The number of carbonyl (C=O) groups excluding carboxylic acids is 1. The van der Waals surface area contributed by atoms with Crippen LogP contribution >= 0.6 is 0 Å². The summed E-state index contributed by atoms with van der Waals surface area (Å²) in [5.41, 5.74) is 3.30. The number of carbonyl (C=O) groups is 1. The molecule has 156 valence electrons. The van der Waals surface area contributed by atoms with E-state index in [-0.39, 0.29) is 18.0 Å². The molecule has 0 saturated heterocycles. The minimum absolute atomic E-state index is 0.0126. The van der Waals surface area contributed by atoms with Crippen molar-refractivity contribution in [2.24, 2.45) is 5.10 Å². The fourth-order valence-electron chi connectivity index (χ4n) is 2.39. The Morgan fingerprint density at radius 3 is 2.53 bits per heavy atom. The second kappa shape index (κ2) is 9.86. The molecule has 1 aromatic heterocycles. The van der Waals surface area contributed by atoms with Crippen molar-refractivity contribution in [3.8, 4) is 5.75 Å². The van der Waals surface area contributed by atoms with Crippen LogP contribution < -0.4 is 14.9 Å². The first-order valence-electron chi connectivity index (χ1n) is 9.07. The maximum Gasteiger partial charge on any atom is 0.277 e. The first-order valence-corrected chi connectivity index (χ1v) is 10.6. The summed E-state index contributed by atoms with van der Waals surface area (Å²) in [7, 11) is -3.64. The Hall–Kier alpha value is -3.43. The molecule has 0 atom stereocenters. The number of hydrogen-bond donors (Lipinski definition) is 2. The van der Waals surface area contributed by atoms with Gasteiger partial charge in [0.2, 0.25) is 10.0 Å². The van der Waals surface area contributed by atoms with Crippen LogP contribution in [0.15, 0.2) is 81.1 Å². The van der Waals surface area contributed by atoms with Crippen molar-refractivity contribution >= 4 is 22.1 Å². The van der Waals surface area contributed by atoms with Gasteiger partial charge in [-0.05, 0) is 43.3 Å². The maximum atomic E-state index is 12.3. The average Bonchev–Trinajstić information content (AvgIpc) is 3.20.